The van der Waals surface area contributed by atoms with Gasteiger partial charge in [0.1, 0.15) is 0 Å². The molecular weight excluding hydrogens is 380 g/mol. The van der Waals surface area contributed by atoms with Crippen LogP contribution in [0.1, 0.15) is 30.4 Å². The fourth-order valence-corrected chi connectivity index (χ4v) is 4.28. The molecule has 2 saturated carbocycles. The van der Waals surface area contributed by atoms with Gasteiger partial charge in [-0.05, 0) is 49.3 Å². The van der Waals surface area contributed by atoms with Crippen molar-refractivity contribution < 1.29 is 41.0 Å². The molecule has 0 heterocycles. The van der Waals surface area contributed by atoms with E-state index in [-0.39, 0.29) is 17.9 Å². The van der Waals surface area contributed by atoms with Crippen LogP contribution in [0.2, 0.25) is 0 Å². The van der Waals surface area contributed by atoms with Crippen LogP contribution in [0.25, 0.3) is 0 Å². The third kappa shape index (κ3) is 3.74. The number of halogens is 6. The van der Waals surface area contributed by atoms with Gasteiger partial charge in [-0.15, -0.1) is 0 Å². The molecule has 0 spiro atoms. The first-order valence-corrected chi connectivity index (χ1v) is 8.21. The molecule has 0 saturated heterocycles. The van der Waals surface area contributed by atoms with Crippen molar-refractivity contribution in [3.8, 4) is 0 Å². The fraction of sp³-hybridized carbons (Fsp3) is 0.529. The first-order valence-electron chi connectivity index (χ1n) is 8.21. The van der Waals surface area contributed by atoms with Crippen molar-refractivity contribution in [3.63, 3.8) is 0 Å². The molecule has 1 aromatic carbocycles. The van der Waals surface area contributed by atoms with Gasteiger partial charge in [0, 0.05) is 5.69 Å². The number of rotatable bonds is 3. The summed E-state index contributed by atoms with van der Waals surface area (Å²) in [7, 11) is 0. The Morgan fingerprint density at radius 1 is 0.889 bits per heavy atom. The lowest BCUT2D eigenvalue weighted by Gasteiger charge is -2.27. The maximum Gasteiger partial charge on any atom is 0.416 e. The van der Waals surface area contributed by atoms with Crippen LogP contribution in [0.4, 0.5) is 32.0 Å². The van der Waals surface area contributed by atoms with Gasteiger partial charge < -0.3 is 10.4 Å². The second kappa shape index (κ2) is 6.42. The van der Waals surface area contributed by atoms with E-state index in [0.29, 0.717) is 31.4 Å². The molecule has 2 fully saturated rings. The average molecular weight is 395 g/mol. The minimum atomic E-state index is -5.03. The first kappa shape index (κ1) is 19.5. The molecule has 10 heteroatoms. The van der Waals surface area contributed by atoms with Crippen molar-refractivity contribution in [2.75, 3.05) is 5.32 Å². The average Bonchev–Trinajstić information content (AvgIpc) is 3.13. The second-order valence-corrected chi connectivity index (χ2v) is 7.01. The lowest BCUT2D eigenvalue weighted by atomic mass is 9.78. The minimum Gasteiger partial charge on any atom is -0.481 e. The third-order valence-corrected chi connectivity index (χ3v) is 5.36. The number of amides is 1. The lowest BCUT2D eigenvalue weighted by molar-refractivity contribution is -0.148. The Balaban J connectivity index is 1.90. The topological polar surface area (TPSA) is 66.4 Å². The number of benzene rings is 1. The van der Waals surface area contributed by atoms with Crippen LogP contribution in [0, 0.1) is 23.7 Å². The number of aliphatic carboxylic acids is 1. The Morgan fingerprint density at radius 3 is 1.81 bits per heavy atom. The summed E-state index contributed by atoms with van der Waals surface area (Å²) in [6.45, 7) is 0. The monoisotopic (exact) mass is 395 g/mol. The minimum absolute atomic E-state index is 0.0345. The third-order valence-electron chi connectivity index (χ3n) is 5.36. The molecule has 2 aliphatic rings. The Kier molecular flexibility index (Phi) is 4.63. The van der Waals surface area contributed by atoms with Crippen LogP contribution in [0.15, 0.2) is 18.2 Å². The van der Waals surface area contributed by atoms with Gasteiger partial charge in [-0.3, -0.25) is 9.59 Å². The highest BCUT2D eigenvalue weighted by Crippen LogP contribution is 2.52. The van der Waals surface area contributed by atoms with Crippen molar-refractivity contribution in [2.24, 2.45) is 23.7 Å². The van der Waals surface area contributed by atoms with E-state index in [4.69, 9.17) is 0 Å². The fourth-order valence-electron chi connectivity index (χ4n) is 4.28. The van der Waals surface area contributed by atoms with Gasteiger partial charge in [-0.25, -0.2) is 0 Å². The molecule has 3 rings (SSSR count). The van der Waals surface area contributed by atoms with Gasteiger partial charge >= 0.3 is 18.3 Å². The summed E-state index contributed by atoms with van der Waals surface area (Å²) >= 11 is 0. The van der Waals surface area contributed by atoms with E-state index in [0.717, 1.165) is 0 Å². The van der Waals surface area contributed by atoms with Gasteiger partial charge in [0.25, 0.3) is 0 Å². The van der Waals surface area contributed by atoms with Gasteiger partial charge in [0.15, 0.2) is 0 Å². The van der Waals surface area contributed by atoms with Crippen molar-refractivity contribution in [1.82, 2.24) is 0 Å². The van der Waals surface area contributed by atoms with E-state index >= 15 is 0 Å². The number of alkyl halides is 6. The van der Waals surface area contributed by atoms with Crippen LogP contribution < -0.4 is 5.32 Å². The number of carbonyl (C=O) groups excluding carboxylic acids is 1. The largest absolute Gasteiger partial charge is 0.481 e. The summed E-state index contributed by atoms with van der Waals surface area (Å²) in [5.41, 5.74) is -3.75. The number of anilines is 1. The zero-order chi connectivity index (χ0) is 20.1. The van der Waals surface area contributed by atoms with Crippen molar-refractivity contribution in [2.45, 2.75) is 31.6 Å². The van der Waals surface area contributed by atoms with Crippen LogP contribution in [0.3, 0.4) is 0 Å². The van der Waals surface area contributed by atoms with Crippen LogP contribution >= 0.6 is 0 Å². The normalized spacial score (nSPS) is 27.6. The summed E-state index contributed by atoms with van der Waals surface area (Å²) in [6, 6.07) is 0.791. The number of nitrogens with one attached hydrogen (secondary N) is 1. The SMILES string of the molecule is O=C(O)C1C(C(=O)Nc2cc(C(F)(F)F)cc(C(F)(F)F)c2)[C@H]2CC[C@H]1C2. The maximum absolute atomic E-state index is 12.9. The van der Waals surface area contributed by atoms with Gasteiger partial charge in [0.2, 0.25) is 5.91 Å². The molecule has 2 bridgehead atoms. The number of hydrogen-bond donors (Lipinski definition) is 2. The molecule has 4 atom stereocenters. The van der Waals surface area contributed by atoms with Gasteiger partial charge in [-0.2, -0.15) is 26.3 Å². The van der Waals surface area contributed by atoms with E-state index < -0.39 is 52.9 Å². The number of hydrogen-bond acceptors (Lipinski definition) is 2. The molecular formula is C17H15F6NO3. The zero-order valence-electron chi connectivity index (χ0n) is 13.7. The smallest absolute Gasteiger partial charge is 0.416 e. The van der Waals surface area contributed by atoms with Crippen LogP contribution in [0.5, 0.6) is 0 Å². The molecule has 0 aromatic heterocycles. The van der Waals surface area contributed by atoms with Gasteiger partial charge in [-0.1, -0.05) is 0 Å². The number of fused-ring (bicyclic) bond motifs is 2. The number of carbonyl (C=O) groups is 2. The summed E-state index contributed by atoms with van der Waals surface area (Å²) in [5.74, 6) is -4.41. The molecule has 27 heavy (non-hydrogen) atoms. The summed E-state index contributed by atoms with van der Waals surface area (Å²) in [6.07, 6.45) is -8.28. The van der Waals surface area contributed by atoms with Crippen molar-refractivity contribution in [3.05, 3.63) is 29.3 Å². The molecule has 1 aromatic rings. The molecule has 2 unspecified atom stereocenters. The summed E-state index contributed by atoms with van der Waals surface area (Å²) in [4.78, 5) is 24.0. The Labute approximate surface area is 149 Å². The highest BCUT2D eigenvalue weighted by Gasteiger charge is 2.54. The maximum atomic E-state index is 12.9. The van der Waals surface area contributed by atoms with Crippen molar-refractivity contribution >= 4 is 17.6 Å². The predicted octanol–water partition coefficient (Wildman–Crippen LogP) is 4.41. The van der Waals surface area contributed by atoms with E-state index in [9.17, 15) is 41.0 Å². The molecule has 2 aliphatic carbocycles. The Bertz CT molecular complexity index is 741. The predicted molar refractivity (Wildman–Crippen MR) is 80.5 cm³/mol. The Morgan fingerprint density at radius 2 is 1.37 bits per heavy atom. The molecule has 2 N–H and O–H groups in total. The van der Waals surface area contributed by atoms with E-state index in [1.165, 1.54) is 0 Å². The second-order valence-electron chi connectivity index (χ2n) is 7.01. The van der Waals surface area contributed by atoms with Crippen LogP contribution in [-0.4, -0.2) is 17.0 Å². The number of carboxylic acids is 1. The highest BCUT2D eigenvalue weighted by atomic mass is 19.4. The number of carboxylic acid groups (broad SMARTS) is 1. The van der Waals surface area contributed by atoms with Crippen molar-refractivity contribution in [1.29, 1.82) is 0 Å². The molecule has 0 aliphatic heterocycles. The molecule has 4 nitrogen and oxygen atoms in total. The quantitative estimate of drug-likeness (QED) is 0.746. The van der Waals surface area contributed by atoms with E-state index in [1.54, 1.807) is 0 Å². The van der Waals surface area contributed by atoms with E-state index in [2.05, 4.69) is 5.32 Å². The van der Waals surface area contributed by atoms with Gasteiger partial charge in [0.05, 0.1) is 23.0 Å². The molecule has 1 amide bonds. The summed E-state index contributed by atoms with van der Waals surface area (Å²) in [5, 5.41) is 11.4. The molecule has 148 valence electrons. The standard InChI is InChI=1S/C17H15F6NO3/c18-16(19,20)9-4-10(17(21,22)23)6-11(5-9)24-14(25)12-7-1-2-8(3-7)13(12)15(26)27/h4-8,12-13H,1-3H2,(H,24,25)(H,26,27)/t7-,8-,12?,13?/m0/s1. The lowest BCUT2D eigenvalue weighted by Crippen LogP contribution is -2.37. The Hall–Kier alpha value is -2.26. The zero-order valence-corrected chi connectivity index (χ0v) is 13.7. The first-order chi connectivity index (χ1) is 12.4. The molecule has 0 radical (unpaired) electrons. The summed E-state index contributed by atoms with van der Waals surface area (Å²) < 4.78 is 77.4. The van der Waals surface area contributed by atoms with E-state index in [1.807, 2.05) is 0 Å². The highest BCUT2D eigenvalue weighted by molar-refractivity contribution is 5.96. The van der Waals surface area contributed by atoms with Crippen LogP contribution in [-0.2, 0) is 21.9 Å².